The van der Waals surface area contributed by atoms with Gasteiger partial charge in [-0.1, -0.05) is 45.0 Å². The van der Waals surface area contributed by atoms with Crippen molar-refractivity contribution in [2.75, 3.05) is 45.2 Å². The Bertz CT molecular complexity index is 1240. The van der Waals surface area contributed by atoms with Gasteiger partial charge in [-0.25, -0.2) is 4.79 Å². The van der Waals surface area contributed by atoms with Gasteiger partial charge in [0.05, 0.1) is 12.2 Å². The Hall–Kier alpha value is -3.31. The van der Waals surface area contributed by atoms with Crippen LogP contribution in [0.4, 0.5) is 5.69 Å². The van der Waals surface area contributed by atoms with Gasteiger partial charge in [0.2, 0.25) is 0 Å². The molecule has 3 aromatic rings. The van der Waals surface area contributed by atoms with Crippen molar-refractivity contribution < 1.29 is 14.6 Å². The molecule has 1 saturated heterocycles. The molecule has 5 heteroatoms. The van der Waals surface area contributed by atoms with E-state index in [0.29, 0.717) is 12.2 Å². The quantitative estimate of drug-likeness (QED) is 0.243. The third kappa shape index (κ3) is 6.76. The molecule has 0 bridgehead atoms. The Morgan fingerprint density at radius 3 is 2.21 bits per heavy atom. The van der Waals surface area contributed by atoms with Crippen molar-refractivity contribution in [3.63, 3.8) is 0 Å². The summed E-state index contributed by atoms with van der Waals surface area (Å²) in [6.45, 7) is 10.4. The average Bonchev–Trinajstić information content (AvgIpc) is 3.43. The fraction of sp³-hybridized carbons (Fsp3) is 0.424. The van der Waals surface area contributed by atoms with Crippen LogP contribution in [0.5, 0.6) is 5.75 Å². The number of benzene rings is 3. The lowest BCUT2D eigenvalue weighted by molar-refractivity contribution is 0.0496. The smallest absolute Gasteiger partial charge is 0.338 e. The van der Waals surface area contributed by atoms with Gasteiger partial charge in [-0.15, -0.1) is 0 Å². The van der Waals surface area contributed by atoms with Gasteiger partial charge in [-0.2, -0.15) is 0 Å². The van der Waals surface area contributed by atoms with Crippen LogP contribution in [0.1, 0.15) is 62.4 Å². The van der Waals surface area contributed by atoms with Crippen LogP contribution in [0.2, 0.25) is 0 Å². The Morgan fingerprint density at radius 2 is 1.55 bits per heavy atom. The second-order valence-electron chi connectivity index (χ2n) is 11.6. The molecule has 0 unspecified atom stereocenters. The Labute approximate surface area is 228 Å². The van der Waals surface area contributed by atoms with Gasteiger partial charge in [0.25, 0.3) is 0 Å². The standard InChI is InChI=1S/C33H42N2O3/c1-33(2,3)29-23-27(14-16-30(29)35-19-6-7-20-35)28-22-26(15-17-31(28)36)24-10-12-25(13-11-24)32(37)38-21-9-8-18-34(4)5/h10-17,22-23,36H,6-9,18-21H2,1-5H3. The van der Waals surface area contributed by atoms with Crippen LogP contribution in [-0.2, 0) is 10.2 Å². The minimum Gasteiger partial charge on any atom is -0.507 e. The van der Waals surface area contributed by atoms with Crippen molar-refractivity contribution in [1.29, 1.82) is 0 Å². The number of nitrogens with zero attached hydrogens (tertiary/aromatic N) is 2. The van der Waals surface area contributed by atoms with Gasteiger partial charge >= 0.3 is 5.97 Å². The minimum absolute atomic E-state index is 0.0159. The highest BCUT2D eigenvalue weighted by atomic mass is 16.5. The average molecular weight is 515 g/mol. The molecule has 0 atom stereocenters. The van der Waals surface area contributed by atoms with Gasteiger partial charge in [0, 0.05) is 24.3 Å². The molecule has 0 saturated carbocycles. The number of carbonyl (C=O) groups is 1. The summed E-state index contributed by atoms with van der Waals surface area (Å²) in [5.74, 6) is -0.0300. The van der Waals surface area contributed by atoms with Crippen molar-refractivity contribution in [2.45, 2.75) is 51.9 Å². The van der Waals surface area contributed by atoms with E-state index >= 15 is 0 Å². The highest BCUT2D eigenvalue weighted by Gasteiger charge is 2.24. The van der Waals surface area contributed by atoms with Crippen LogP contribution in [0.15, 0.2) is 60.7 Å². The summed E-state index contributed by atoms with van der Waals surface area (Å²) < 4.78 is 5.44. The highest BCUT2D eigenvalue weighted by Crippen LogP contribution is 2.40. The minimum atomic E-state index is -0.291. The van der Waals surface area contributed by atoms with Crippen molar-refractivity contribution in [2.24, 2.45) is 0 Å². The van der Waals surface area contributed by atoms with Gasteiger partial charge < -0.3 is 19.6 Å². The van der Waals surface area contributed by atoms with Crippen molar-refractivity contribution in [3.05, 3.63) is 71.8 Å². The van der Waals surface area contributed by atoms with Gasteiger partial charge in [-0.3, -0.25) is 0 Å². The maximum absolute atomic E-state index is 12.4. The number of rotatable bonds is 9. The molecule has 4 rings (SSSR count). The summed E-state index contributed by atoms with van der Waals surface area (Å²) >= 11 is 0. The number of ether oxygens (including phenoxy) is 1. The summed E-state index contributed by atoms with van der Waals surface area (Å²) in [4.78, 5) is 17.1. The molecule has 3 aromatic carbocycles. The largest absolute Gasteiger partial charge is 0.507 e. The summed E-state index contributed by atoms with van der Waals surface area (Å²) in [5, 5.41) is 10.8. The van der Waals surface area contributed by atoms with Gasteiger partial charge in [-0.05, 0) is 110 Å². The van der Waals surface area contributed by atoms with E-state index in [4.69, 9.17) is 4.74 Å². The summed E-state index contributed by atoms with van der Waals surface area (Å²) in [7, 11) is 4.08. The fourth-order valence-corrected chi connectivity index (χ4v) is 5.06. The maximum atomic E-state index is 12.4. The molecule has 1 aliphatic heterocycles. The first kappa shape index (κ1) is 27.7. The van der Waals surface area contributed by atoms with E-state index in [1.54, 1.807) is 6.07 Å². The number of hydrogen-bond acceptors (Lipinski definition) is 5. The van der Waals surface area contributed by atoms with E-state index in [0.717, 1.165) is 54.7 Å². The molecule has 0 aromatic heterocycles. The lowest BCUT2D eigenvalue weighted by atomic mass is 9.83. The van der Waals surface area contributed by atoms with Crippen LogP contribution >= 0.6 is 0 Å². The molecule has 1 fully saturated rings. The van der Waals surface area contributed by atoms with E-state index < -0.39 is 0 Å². The Kier molecular flexibility index (Phi) is 8.78. The molecule has 202 valence electrons. The van der Waals surface area contributed by atoms with Crippen LogP contribution in [0.3, 0.4) is 0 Å². The van der Waals surface area contributed by atoms with E-state index in [1.165, 1.54) is 24.1 Å². The first-order valence-electron chi connectivity index (χ1n) is 13.8. The van der Waals surface area contributed by atoms with E-state index in [2.05, 4.69) is 48.8 Å². The maximum Gasteiger partial charge on any atom is 0.338 e. The Balaban J connectivity index is 1.53. The third-order valence-corrected chi connectivity index (χ3v) is 7.25. The van der Waals surface area contributed by atoms with Crippen LogP contribution in [-0.4, -0.2) is 56.3 Å². The molecule has 1 aliphatic rings. The zero-order valence-electron chi connectivity index (χ0n) is 23.6. The first-order chi connectivity index (χ1) is 18.1. The van der Waals surface area contributed by atoms with Crippen molar-refractivity contribution >= 4 is 11.7 Å². The number of unbranched alkanes of at least 4 members (excludes halogenated alkanes) is 1. The number of aromatic hydroxyl groups is 1. The molecular weight excluding hydrogens is 472 g/mol. The normalized spacial score (nSPS) is 13.8. The van der Waals surface area contributed by atoms with E-state index in [1.807, 2.05) is 50.5 Å². The zero-order chi connectivity index (χ0) is 27.3. The number of phenolic OH excluding ortho intramolecular Hbond substituents is 1. The zero-order valence-corrected chi connectivity index (χ0v) is 23.6. The number of esters is 1. The van der Waals surface area contributed by atoms with E-state index in [9.17, 15) is 9.90 Å². The van der Waals surface area contributed by atoms with Crippen molar-refractivity contribution in [1.82, 2.24) is 4.90 Å². The Morgan fingerprint density at radius 1 is 0.895 bits per heavy atom. The molecule has 0 radical (unpaired) electrons. The summed E-state index contributed by atoms with van der Waals surface area (Å²) in [6.07, 6.45) is 4.33. The summed E-state index contributed by atoms with van der Waals surface area (Å²) in [5.41, 5.74) is 6.92. The predicted octanol–water partition coefficient (Wildman–Crippen LogP) is 7.12. The van der Waals surface area contributed by atoms with Gasteiger partial charge in [0.1, 0.15) is 5.75 Å². The number of phenols is 1. The van der Waals surface area contributed by atoms with Crippen LogP contribution in [0, 0.1) is 0 Å². The molecule has 5 nitrogen and oxygen atoms in total. The van der Waals surface area contributed by atoms with Crippen LogP contribution in [0.25, 0.3) is 22.3 Å². The topological polar surface area (TPSA) is 53.0 Å². The molecule has 1 N–H and O–H groups in total. The molecule has 0 amide bonds. The van der Waals surface area contributed by atoms with E-state index in [-0.39, 0.29) is 17.1 Å². The van der Waals surface area contributed by atoms with Gasteiger partial charge in [0.15, 0.2) is 0 Å². The predicted molar refractivity (Wildman–Crippen MR) is 157 cm³/mol. The molecule has 0 spiro atoms. The van der Waals surface area contributed by atoms with Crippen molar-refractivity contribution in [3.8, 4) is 28.0 Å². The second kappa shape index (κ2) is 12.0. The number of anilines is 1. The molecule has 1 heterocycles. The molecule has 38 heavy (non-hydrogen) atoms. The molecular formula is C33H42N2O3. The SMILES string of the molecule is CN(C)CCCCOC(=O)c1ccc(-c2ccc(O)c(-c3ccc(N4CCCC4)c(C(C)(C)C)c3)c2)cc1. The lowest BCUT2D eigenvalue weighted by Gasteiger charge is -2.29. The fourth-order valence-electron chi connectivity index (χ4n) is 5.06. The monoisotopic (exact) mass is 514 g/mol. The number of carbonyl (C=O) groups excluding carboxylic acids is 1. The van der Waals surface area contributed by atoms with Crippen LogP contribution < -0.4 is 4.90 Å². The lowest BCUT2D eigenvalue weighted by Crippen LogP contribution is -2.23. The third-order valence-electron chi connectivity index (χ3n) is 7.25. The summed E-state index contributed by atoms with van der Waals surface area (Å²) in [6, 6.07) is 19.8. The highest BCUT2D eigenvalue weighted by molar-refractivity contribution is 5.90. The second-order valence-corrected chi connectivity index (χ2v) is 11.6. The molecule has 0 aliphatic carbocycles. The number of hydrogen-bond donors (Lipinski definition) is 1. The first-order valence-corrected chi connectivity index (χ1v) is 13.8.